The van der Waals surface area contributed by atoms with Crippen molar-refractivity contribution in [3.63, 3.8) is 0 Å². The molecule has 0 amide bonds. The number of nitrogens with one attached hydrogen (secondary N) is 1. The molecule has 3 heteroatoms. The molecule has 0 bridgehead atoms. The molecule has 1 aromatic heterocycles. The summed E-state index contributed by atoms with van der Waals surface area (Å²) in [5.41, 5.74) is 0.151. The van der Waals surface area contributed by atoms with Gasteiger partial charge in [-0.05, 0) is 0 Å². The van der Waals surface area contributed by atoms with Crippen LogP contribution in [0.15, 0.2) is 23.1 Å². The number of hydrogen-bond acceptors (Lipinski definition) is 2. The number of hydrogen-bond donors (Lipinski definition) is 1. The van der Waals surface area contributed by atoms with Crippen molar-refractivity contribution in [3.8, 4) is 0 Å². The van der Waals surface area contributed by atoms with Crippen molar-refractivity contribution in [2.75, 3.05) is 0 Å². The molecule has 0 fully saturated rings. The number of carbonyl (C=O) groups is 1. The summed E-state index contributed by atoms with van der Waals surface area (Å²) in [4.78, 5) is 23.0. The van der Waals surface area contributed by atoms with E-state index in [9.17, 15) is 9.59 Å². The molecule has 0 unspecified atom stereocenters. The van der Waals surface area contributed by atoms with Crippen molar-refractivity contribution in [1.29, 1.82) is 0 Å². The molecule has 1 heterocycles. The molecule has 0 saturated heterocycles. The van der Waals surface area contributed by atoms with E-state index in [2.05, 4.69) is 4.98 Å². The summed E-state index contributed by atoms with van der Waals surface area (Å²) < 4.78 is 0. The molecule has 0 aliphatic rings. The van der Waals surface area contributed by atoms with Crippen molar-refractivity contribution in [3.05, 3.63) is 34.2 Å². The van der Waals surface area contributed by atoms with E-state index < -0.39 is 0 Å². The third-order valence-electron chi connectivity index (χ3n) is 0.922. The Labute approximate surface area is 51.3 Å². The number of aldehydes is 1. The Balaban J connectivity index is 3.23. The maximum absolute atomic E-state index is 10.5. The first-order valence-electron chi connectivity index (χ1n) is 2.47. The third-order valence-corrected chi connectivity index (χ3v) is 0.922. The number of rotatable bonds is 1. The summed E-state index contributed by atoms with van der Waals surface area (Å²) in [5.74, 6) is 0. The zero-order valence-corrected chi connectivity index (χ0v) is 4.63. The van der Waals surface area contributed by atoms with Gasteiger partial charge in [0.25, 0.3) is 0 Å². The van der Waals surface area contributed by atoms with Gasteiger partial charge >= 0.3 is 0 Å². The van der Waals surface area contributed by atoms with E-state index >= 15 is 0 Å². The average molecular weight is 123 g/mol. The molecule has 0 aliphatic carbocycles. The topological polar surface area (TPSA) is 49.9 Å². The molecule has 0 atom stereocenters. The smallest absolute Gasteiger partial charge is 0.182 e. The number of pyridine rings is 1. The van der Waals surface area contributed by atoms with Crippen molar-refractivity contribution in [2.45, 2.75) is 0 Å². The van der Waals surface area contributed by atoms with Gasteiger partial charge in [0.15, 0.2) is 11.7 Å². The zero-order valence-electron chi connectivity index (χ0n) is 4.63. The van der Waals surface area contributed by atoms with Crippen LogP contribution in [0.5, 0.6) is 0 Å². The van der Waals surface area contributed by atoms with Gasteiger partial charge in [0.05, 0.1) is 5.69 Å². The van der Waals surface area contributed by atoms with Crippen LogP contribution >= 0.6 is 0 Å². The van der Waals surface area contributed by atoms with Gasteiger partial charge in [-0.15, -0.1) is 0 Å². The standard InChI is InChI=1S/C6H5NO2/c8-4-5-3-6(9)1-2-7-5/h1-4H,(H,7,9). The van der Waals surface area contributed by atoms with Crippen LogP contribution in [0, 0.1) is 0 Å². The van der Waals surface area contributed by atoms with Crippen molar-refractivity contribution in [1.82, 2.24) is 4.98 Å². The quantitative estimate of drug-likeness (QED) is 0.542. The highest BCUT2D eigenvalue weighted by Gasteiger charge is 1.86. The molecule has 0 radical (unpaired) electrons. The number of H-pyrrole nitrogens is 1. The Morgan fingerprint density at radius 3 is 2.78 bits per heavy atom. The summed E-state index contributed by atoms with van der Waals surface area (Å²) in [5, 5.41) is 0. The van der Waals surface area contributed by atoms with Crippen LogP contribution in [-0.4, -0.2) is 11.3 Å². The summed E-state index contributed by atoms with van der Waals surface area (Å²) in [7, 11) is 0. The SMILES string of the molecule is O=Cc1cc(=O)cc[nH]1. The molecule has 1 N–H and O–H groups in total. The van der Waals surface area contributed by atoms with Gasteiger partial charge in [-0.3, -0.25) is 9.59 Å². The fraction of sp³-hybridized carbons (Fsp3) is 0. The summed E-state index contributed by atoms with van der Waals surface area (Å²) in [6.45, 7) is 0. The molecule has 0 aliphatic heterocycles. The second-order valence-electron chi connectivity index (χ2n) is 1.60. The monoisotopic (exact) mass is 123 g/mol. The zero-order chi connectivity index (χ0) is 6.69. The fourth-order valence-electron chi connectivity index (χ4n) is 0.531. The minimum atomic E-state index is -0.157. The first kappa shape index (κ1) is 5.75. The van der Waals surface area contributed by atoms with Gasteiger partial charge < -0.3 is 4.98 Å². The van der Waals surface area contributed by atoms with Gasteiger partial charge in [-0.1, -0.05) is 0 Å². The van der Waals surface area contributed by atoms with E-state index in [0.717, 1.165) is 0 Å². The largest absolute Gasteiger partial charge is 0.359 e. The maximum atomic E-state index is 10.5. The Morgan fingerprint density at radius 1 is 1.56 bits per heavy atom. The van der Waals surface area contributed by atoms with Crippen LogP contribution in [-0.2, 0) is 0 Å². The molecule has 46 valence electrons. The lowest BCUT2D eigenvalue weighted by Gasteiger charge is -1.84. The first-order valence-corrected chi connectivity index (χ1v) is 2.47. The van der Waals surface area contributed by atoms with Crippen molar-refractivity contribution < 1.29 is 4.79 Å². The predicted octanol–water partition coefficient (Wildman–Crippen LogP) is 0.187. The van der Waals surface area contributed by atoms with E-state index in [0.29, 0.717) is 12.0 Å². The second-order valence-corrected chi connectivity index (χ2v) is 1.60. The number of aromatic nitrogens is 1. The Kier molecular flexibility index (Phi) is 1.44. The Morgan fingerprint density at radius 2 is 2.33 bits per heavy atom. The predicted molar refractivity (Wildman–Crippen MR) is 32.5 cm³/mol. The van der Waals surface area contributed by atoms with Crippen LogP contribution in [0.1, 0.15) is 10.5 Å². The Bertz CT molecular complexity index is 264. The lowest BCUT2D eigenvalue weighted by molar-refractivity contribution is 0.111. The third kappa shape index (κ3) is 1.25. The van der Waals surface area contributed by atoms with Crippen molar-refractivity contribution in [2.24, 2.45) is 0 Å². The molecule has 1 aromatic rings. The molecule has 1 rings (SSSR count). The molecular formula is C6H5NO2. The van der Waals surface area contributed by atoms with E-state index in [4.69, 9.17) is 0 Å². The van der Waals surface area contributed by atoms with E-state index in [1.165, 1.54) is 18.3 Å². The van der Waals surface area contributed by atoms with Gasteiger partial charge in [0, 0.05) is 18.3 Å². The first-order chi connectivity index (χ1) is 4.33. The molecule has 9 heavy (non-hydrogen) atoms. The van der Waals surface area contributed by atoms with Gasteiger partial charge in [-0.25, -0.2) is 0 Å². The van der Waals surface area contributed by atoms with Crippen LogP contribution in [0.2, 0.25) is 0 Å². The summed E-state index contributed by atoms with van der Waals surface area (Å²) >= 11 is 0. The van der Waals surface area contributed by atoms with E-state index in [1.54, 1.807) is 0 Å². The fourth-order valence-corrected chi connectivity index (χ4v) is 0.531. The van der Waals surface area contributed by atoms with Crippen molar-refractivity contribution >= 4 is 6.29 Å². The van der Waals surface area contributed by atoms with Crippen LogP contribution in [0.25, 0.3) is 0 Å². The minimum Gasteiger partial charge on any atom is -0.359 e. The van der Waals surface area contributed by atoms with Gasteiger partial charge in [0.2, 0.25) is 0 Å². The molecule has 3 nitrogen and oxygen atoms in total. The number of carbonyl (C=O) groups excluding carboxylic acids is 1. The van der Waals surface area contributed by atoms with Gasteiger partial charge in [-0.2, -0.15) is 0 Å². The second kappa shape index (κ2) is 2.26. The van der Waals surface area contributed by atoms with Crippen LogP contribution in [0.4, 0.5) is 0 Å². The van der Waals surface area contributed by atoms with Gasteiger partial charge in [0.1, 0.15) is 0 Å². The van der Waals surface area contributed by atoms with Crippen LogP contribution in [0.3, 0.4) is 0 Å². The highest BCUT2D eigenvalue weighted by atomic mass is 16.1. The maximum Gasteiger partial charge on any atom is 0.182 e. The molecular weight excluding hydrogens is 118 g/mol. The van der Waals surface area contributed by atoms with Crippen LogP contribution < -0.4 is 5.43 Å². The van der Waals surface area contributed by atoms with E-state index in [1.807, 2.05) is 0 Å². The Hall–Kier alpha value is -1.38. The normalized spacial score (nSPS) is 8.89. The highest BCUT2D eigenvalue weighted by molar-refractivity contribution is 5.71. The average Bonchev–Trinajstić information content (AvgIpc) is 1.88. The van der Waals surface area contributed by atoms with E-state index in [-0.39, 0.29) is 5.43 Å². The molecule has 0 saturated carbocycles. The summed E-state index contributed by atoms with van der Waals surface area (Å²) in [6.07, 6.45) is 2.04. The number of aromatic amines is 1. The molecule has 0 aromatic carbocycles. The summed E-state index contributed by atoms with van der Waals surface area (Å²) in [6, 6.07) is 2.60. The molecule has 0 spiro atoms. The minimum absolute atomic E-state index is 0.157. The highest BCUT2D eigenvalue weighted by Crippen LogP contribution is 1.79. The lowest BCUT2D eigenvalue weighted by atomic mass is 10.4. The lowest BCUT2D eigenvalue weighted by Crippen LogP contribution is -1.99.